The Morgan fingerprint density at radius 3 is 2.88 bits per heavy atom. The smallest absolute Gasteiger partial charge is 0.251 e. The first-order chi connectivity index (χ1) is 8.13. The molecule has 0 aliphatic heterocycles. The van der Waals surface area contributed by atoms with Crippen LogP contribution in [0, 0.1) is 0 Å². The molecule has 0 radical (unpaired) electrons. The van der Waals surface area contributed by atoms with E-state index in [0.29, 0.717) is 23.0 Å². The molecule has 0 spiro atoms. The lowest BCUT2D eigenvalue weighted by atomic mass is 10.2. The van der Waals surface area contributed by atoms with E-state index in [1.54, 1.807) is 0 Å². The molecule has 88 valence electrons. The highest BCUT2D eigenvalue weighted by Gasteiger charge is 2.12. The third-order valence-corrected chi connectivity index (χ3v) is 2.63. The normalized spacial score (nSPS) is 10.5. The van der Waals surface area contributed by atoms with Gasteiger partial charge in [0.2, 0.25) is 0 Å². The van der Waals surface area contributed by atoms with Crippen molar-refractivity contribution in [1.82, 2.24) is 19.7 Å². The monoisotopic (exact) mass is 251 g/mol. The molecule has 2 N–H and O–H groups in total. The zero-order valence-corrected chi connectivity index (χ0v) is 9.85. The average molecular weight is 252 g/mol. The number of amides is 1. The minimum Gasteiger partial charge on any atom is -0.366 e. The van der Waals surface area contributed by atoms with Crippen molar-refractivity contribution in [2.24, 2.45) is 5.73 Å². The molecule has 0 aromatic carbocycles. The summed E-state index contributed by atoms with van der Waals surface area (Å²) in [7, 11) is 0. The molecule has 0 saturated heterocycles. The van der Waals surface area contributed by atoms with Crippen LogP contribution < -0.4 is 5.73 Å². The number of carbonyl (C=O) groups is 1. The van der Waals surface area contributed by atoms with Gasteiger partial charge in [0.15, 0.2) is 5.82 Å². The average Bonchev–Trinajstić information content (AvgIpc) is 2.77. The second-order valence-corrected chi connectivity index (χ2v) is 3.72. The Kier molecular flexibility index (Phi) is 3.06. The van der Waals surface area contributed by atoms with Crippen molar-refractivity contribution >= 4 is 17.5 Å². The molecule has 0 saturated carbocycles. The highest BCUT2D eigenvalue weighted by Crippen LogP contribution is 2.19. The molecule has 7 heteroatoms. The van der Waals surface area contributed by atoms with Crippen LogP contribution in [0.5, 0.6) is 0 Å². The number of hydrogen-bond donors (Lipinski definition) is 1. The van der Waals surface area contributed by atoms with Crippen molar-refractivity contribution in [2.75, 3.05) is 0 Å². The number of halogens is 1. The van der Waals surface area contributed by atoms with E-state index in [1.165, 1.54) is 23.4 Å². The molecule has 0 unspecified atom stereocenters. The zero-order valence-electron chi connectivity index (χ0n) is 9.09. The number of carbonyl (C=O) groups excluding carboxylic acids is 1. The van der Waals surface area contributed by atoms with Crippen molar-refractivity contribution in [3.63, 3.8) is 0 Å². The standard InChI is InChI=1S/C10H10ClN5O/c1-2-7-8(11)13-5-14-10(7)16-4-6(3-15-16)9(12)17/h3-5H,2H2,1H3,(H2,12,17). The predicted molar refractivity (Wildman–Crippen MR) is 62.1 cm³/mol. The number of rotatable bonds is 3. The SMILES string of the molecule is CCc1c(Cl)ncnc1-n1cc(C(N)=O)cn1. The highest BCUT2D eigenvalue weighted by atomic mass is 35.5. The summed E-state index contributed by atoms with van der Waals surface area (Å²) in [6.45, 7) is 1.94. The second-order valence-electron chi connectivity index (χ2n) is 3.36. The zero-order chi connectivity index (χ0) is 12.4. The Balaban J connectivity index is 2.52. The number of hydrogen-bond acceptors (Lipinski definition) is 4. The number of nitrogens with two attached hydrogens (primary N) is 1. The van der Waals surface area contributed by atoms with Gasteiger partial charge in [0.1, 0.15) is 11.5 Å². The van der Waals surface area contributed by atoms with Crippen LogP contribution in [0.4, 0.5) is 0 Å². The van der Waals surface area contributed by atoms with E-state index in [9.17, 15) is 4.79 Å². The molecule has 17 heavy (non-hydrogen) atoms. The molecule has 2 aromatic rings. The number of aromatic nitrogens is 4. The Hall–Kier alpha value is -1.95. The molecule has 2 heterocycles. The molecule has 0 atom stereocenters. The Bertz CT molecular complexity index is 566. The minimum atomic E-state index is -0.533. The number of primary amides is 1. The Morgan fingerprint density at radius 1 is 1.53 bits per heavy atom. The molecule has 0 aliphatic rings. The summed E-state index contributed by atoms with van der Waals surface area (Å²) in [5.74, 6) is 0.0226. The summed E-state index contributed by atoms with van der Waals surface area (Å²) < 4.78 is 1.46. The van der Waals surface area contributed by atoms with Gasteiger partial charge in [-0.15, -0.1) is 0 Å². The van der Waals surface area contributed by atoms with E-state index in [4.69, 9.17) is 17.3 Å². The maximum absolute atomic E-state index is 11.0. The van der Waals surface area contributed by atoms with Crippen LogP contribution >= 0.6 is 11.6 Å². The van der Waals surface area contributed by atoms with Gasteiger partial charge < -0.3 is 5.73 Å². The van der Waals surface area contributed by atoms with E-state index in [2.05, 4.69) is 15.1 Å². The third kappa shape index (κ3) is 2.12. The lowest BCUT2D eigenvalue weighted by molar-refractivity contribution is 0.100. The quantitative estimate of drug-likeness (QED) is 0.824. The molecule has 2 aromatic heterocycles. The molecule has 0 aliphatic carbocycles. The lowest BCUT2D eigenvalue weighted by Gasteiger charge is -2.06. The van der Waals surface area contributed by atoms with Crippen LogP contribution in [-0.2, 0) is 6.42 Å². The van der Waals surface area contributed by atoms with Crippen LogP contribution in [0.1, 0.15) is 22.8 Å². The highest BCUT2D eigenvalue weighted by molar-refractivity contribution is 6.30. The van der Waals surface area contributed by atoms with Crippen molar-refractivity contribution in [1.29, 1.82) is 0 Å². The summed E-state index contributed by atoms with van der Waals surface area (Å²) in [4.78, 5) is 19.0. The van der Waals surface area contributed by atoms with Gasteiger partial charge in [-0.05, 0) is 6.42 Å². The molecule has 1 amide bonds. The van der Waals surface area contributed by atoms with Crippen LogP contribution in [0.3, 0.4) is 0 Å². The molecular formula is C10H10ClN5O. The molecule has 2 rings (SSSR count). The molecule has 6 nitrogen and oxygen atoms in total. The molecular weight excluding hydrogens is 242 g/mol. The van der Waals surface area contributed by atoms with Crippen LogP contribution in [-0.4, -0.2) is 25.7 Å². The Labute approximate surface area is 102 Å². The first kappa shape index (κ1) is 11.5. The summed E-state index contributed by atoms with van der Waals surface area (Å²) >= 11 is 5.96. The fraction of sp³-hybridized carbons (Fsp3) is 0.200. The summed E-state index contributed by atoms with van der Waals surface area (Å²) in [5, 5.41) is 4.41. The molecule has 0 bridgehead atoms. The van der Waals surface area contributed by atoms with E-state index >= 15 is 0 Å². The first-order valence-corrected chi connectivity index (χ1v) is 5.35. The Morgan fingerprint density at radius 2 is 2.29 bits per heavy atom. The lowest BCUT2D eigenvalue weighted by Crippen LogP contribution is -2.10. The van der Waals surface area contributed by atoms with Crippen molar-refractivity contribution in [3.8, 4) is 5.82 Å². The fourth-order valence-corrected chi connectivity index (χ4v) is 1.71. The van der Waals surface area contributed by atoms with E-state index in [-0.39, 0.29) is 0 Å². The van der Waals surface area contributed by atoms with Crippen LogP contribution in [0.2, 0.25) is 5.15 Å². The van der Waals surface area contributed by atoms with Crippen molar-refractivity contribution < 1.29 is 4.79 Å². The van der Waals surface area contributed by atoms with Crippen molar-refractivity contribution in [3.05, 3.63) is 35.0 Å². The van der Waals surface area contributed by atoms with Crippen LogP contribution in [0.15, 0.2) is 18.7 Å². The predicted octanol–water partition coefficient (Wildman–Crippen LogP) is 0.977. The van der Waals surface area contributed by atoms with Gasteiger partial charge in [0.05, 0.1) is 11.8 Å². The van der Waals surface area contributed by atoms with Gasteiger partial charge in [-0.25, -0.2) is 14.6 Å². The van der Waals surface area contributed by atoms with E-state index < -0.39 is 5.91 Å². The van der Waals surface area contributed by atoms with Gasteiger partial charge in [-0.3, -0.25) is 4.79 Å². The van der Waals surface area contributed by atoms with Crippen LogP contribution in [0.25, 0.3) is 5.82 Å². The maximum atomic E-state index is 11.0. The van der Waals surface area contributed by atoms with Gasteiger partial charge in [-0.2, -0.15) is 5.10 Å². The molecule has 0 fully saturated rings. The number of nitrogens with zero attached hydrogens (tertiary/aromatic N) is 4. The van der Waals surface area contributed by atoms with Gasteiger partial charge >= 0.3 is 0 Å². The van der Waals surface area contributed by atoms with E-state index in [0.717, 1.165) is 5.56 Å². The summed E-state index contributed by atoms with van der Waals surface area (Å²) in [5.41, 5.74) is 6.25. The summed E-state index contributed by atoms with van der Waals surface area (Å²) in [6, 6.07) is 0. The largest absolute Gasteiger partial charge is 0.366 e. The van der Waals surface area contributed by atoms with Gasteiger partial charge in [-0.1, -0.05) is 18.5 Å². The summed E-state index contributed by atoms with van der Waals surface area (Å²) in [6.07, 6.45) is 4.92. The topological polar surface area (TPSA) is 86.7 Å². The second kappa shape index (κ2) is 4.50. The van der Waals surface area contributed by atoms with Gasteiger partial charge in [0, 0.05) is 11.8 Å². The first-order valence-electron chi connectivity index (χ1n) is 4.97. The van der Waals surface area contributed by atoms with E-state index in [1.807, 2.05) is 6.92 Å². The van der Waals surface area contributed by atoms with Gasteiger partial charge in [0.25, 0.3) is 5.91 Å². The maximum Gasteiger partial charge on any atom is 0.251 e. The fourth-order valence-electron chi connectivity index (χ4n) is 1.45. The minimum absolute atomic E-state index is 0.321. The third-order valence-electron chi connectivity index (χ3n) is 2.31. The van der Waals surface area contributed by atoms with Crippen molar-refractivity contribution in [2.45, 2.75) is 13.3 Å².